The van der Waals surface area contributed by atoms with Gasteiger partial charge in [-0.05, 0) is 38.8 Å². The number of carboxylic acid groups (broad SMARTS) is 1. The highest BCUT2D eigenvalue weighted by molar-refractivity contribution is 6.33. The Labute approximate surface area is 112 Å². The predicted molar refractivity (Wildman–Crippen MR) is 73.2 cm³/mol. The molecule has 1 aliphatic rings. The van der Waals surface area contributed by atoms with Gasteiger partial charge >= 0.3 is 5.97 Å². The van der Waals surface area contributed by atoms with Crippen molar-refractivity contribution in [3.8, 4) is 0 Å². The standard InChI is InChI=1S/C14H18ClNO2/c1-14(2)9-10(13(17)18)7-8-16(14)12-6-4-3-5-11(12)15/h3-6,10H,7-9H2,1-2H3,(H,17,18). The number of halogens is 1. The fourth-order valence-electron chi connectivity index (χ4n) is 2.73. The van der Waals surface area contributed by atoms with Crippen molar-refractivity contribution in [3.63, 3.8) is 0 Å². The van der Waals surface area contributed by atoms with E-state index >= 15 is 0 Å². The smallest absolute Gasteiger partial charge is 0.306 e. The maximum absolute atomic E-state index is 11.1. The zero-order valence-electron chi connectivity index (χ0n) is 10.7. The summed E-state index contributed by atoms with van der Waals surface area (Å²) in [5.74, 6) is -0.944. The van der Waals surface area contributed by atoms with Crippen molar-refractivity contribution in [2.24, 2.45) is 5.92 Å². The Morgan fingerprint density at radius 3 is 2.67 bits per heavy atom. The predicted octanol–water partition coefficient (Wildman–Crippen LogP) is 3.42. The average molecular weight is 268 g/mol. The van der Waals surface area contributed by atoms with Crippen molar-refractivity contribution >= 4 is 23.3 Å². The summed E-state index contributed by atoms with van der Waals surface area (Å²) in [5, 5.41) is 9.86. The number of hydrogen-bond acceptors (Lipinski definition) is 2. The van der Waals surface area contributed by atoms with E-state index in [0.29, 0.717) is 12.8 Å². The summed E-state index contributed by atoms with van der Waals surface area (Å²) >= 11 is 6.23. The Bertz CT molecular complexity index is 459. The molecule has 18 heavy (non-hydrogen) atoms. The number of anilines is 1. The molecule has 0 saturated carbocycles. The second-order valence-corrected chi connectivity index (χ2v) is 5.85. The average Bonchev–Trinajstić information content (AvgIpc) is 2.29. The van der Waals surface area contributed by atoms with Gasteiger partial charge in [0.15, 0.2) is 0 Å². The number of carboxylic acids is 1. The van der Waals surface area contributed by atoms with Gasteiger partial charge in [0.2, 0.25) is 0 Å². The van der Waals surface area contributed by atoms with Crippen LogP contribution < -0.4 is 4.90 Å². The second kappa shape index (κ2) is 4.81. The van der Waals surface area contributed by atoms with Gasteiger partial charge < -0.3 is 10.0 Å². The lowest BCUT2D eigenvalue weighted by molar-refractivity contribution is -0.143. The molecule has 1 heterocycles. The Balaban J connectivity index is 2.26. The molecule has 1 aliphatic heterocycles. The molecule has 1 aromatic rings. The van der Waals surface area contributed by atoms with Crippen LogP contribution in [0.5, 0.6) is 0 Å². The van der Waals surface area contributed by atoms with E-state index in [-0.39, 0.29) is 11.5 Å². The van der Waals surface area contributed by atoms with Crippen LogP contribution in [-0.2, 0) is 4.79 Å². The van der Waals surface area contributed by atoms with Gasteiger partial charge in [0, 0.05) is 12.1 Å². The number of carbonyl (C=O) groups is 1. The van der Waals surface area contributed by atoms with Gasteiger partial charge in [-0.15, -0.1) is 0 Å². The van der Waals surface area contributed by atoms with Crippen molar-refractivity contribution in [3.05, 3.63) is 29.3 Å². The summed E-state index contributed by atoms with van der Waals surface area (Å²) < 4.78 is 0. The second-order valence-electron chi connectivity index (χ2n) is 5.44. The van der Waals surface area contributed by atoms with Gasteiger partial charge in [0.25, 0.3) is 0 Å². The Kier molecular flexibility index (Phi) is 3.53. The van der Waals surface area contributed by atoms with Crippen LogP contribution in [-0.4, -0.2) is 23.2 Å². The van der Waals surface area contributed by atoms with E-state index in [1.807, 2.05) is 24.3 Å². The van der Waals surface area contributed by atoms with Crippen molar-refractivity contribution in [1.29, 1.82) is 0 Å². The molecule has 0 radical (unpaired) electrons. The summed E-state index contributed by atoms with van der Waals surface area (Å²) in [6.07, 6.45) is 1.32. The molecular weight excluding hydrogens is 250 g/mol. The van der Waals surface area contributed by atoms with E-state index in [9.17, 15) is 4.79 Å². The quantitative estimate of drug-likeness (QED) is 0.893. The molecule has 2 rings (SSSR count). The molecule has 98 valence electrons. The van der Waals surface area contributed by atoms with Crippen molar-refractivity contribution in [2.45, 2.75) is 32.2 Å². The number of para-hydroxylation sites is 1. The van der Waals surface area contributed by atoms with Gasteiger partial charge in [0.1, 0.15) is 0 Å². The first kappa shape index (κ1) is 13.2. The van der Waals surface area contributed by atoms with Crippen LogP contribution in [0.3, 0.4) is 0 Å². The maximum atomic E-state index is 11.1. The van der Waals surface area contributed by atoms with Crippen LogP contribution in [0.1, 0.15) is 26.7 Å². The summed E-state index contributed by atoms with van der Waals surface area (Å²) in [7, 11) is 0. The molecule has 1 aromatic carbocycles. The molecule has 0 aliphatic carbocycles. The first-order valence-electron chi connectivity index (χ1n) is 6.17. The zero-order valence-corrected chi connectivity index (χ0v) is 11.4. The third-order valence-corrected chi connectivity index (χ3v) is 3.99. The van der Waals surface area contributed by atoms with E-state index in [1.165, 1.54) is 0 Å². The molecule has 1 N–H and O–H groups in total. The Hall–Kier alpha value is -1.22. The van der Waals surface area contributed by atoms with E-state index in [0.717, 1.165) is 17.3 Å². The van der Waals surface area contributed by atoms with Gasteiger partial charge in [-0.3, -0.25) is 4.79 Å². The highest BCUT2D eigenvalue weighted by Gasteiger charge is 2.38. The lowest BCUT2D eigenvalue weighted by Crippen LogP contribution is -2.51. The van der Waals surface area contributed by atoms with E-state index in [1.54, 1.807) is 0 Å². The molecule has 0 spiro atoms. The number of nitrogens with zero attached hydrogens (tertiary/aromatic N) is 1. The highest BCUT2D eigenvalue weighted by atomic mass is 35.5. The minimum atomic E-state index is -0.693. The minimum absolute atomic E-state index is 0.188. The van der Waals surface area contributed by atoms with E-state index in [2.05, 4.69) is 18.7 Å². The fourth-order valence-corrected chi connectivity index (χ4v) is 2.97. The van der Waals surface area contributed by atoms with Crippen molar-refractivity contribution < 1.29 is 9.90 Å². The molecule has 1 fully saturated rings. The molecule has 1 atom stereocenters. The molecule has 1 unspecified atom stereocenters. The lowest BCUT2D eigenvalue weighted by Gasteiger charge is -2.46. The molecule has 1 saturated heterocycles. The summed E-state index contributed by atoms with van der Waals surface area (Å²) in [6.45, 7) is 4.88. The molecule has 0 bridgehead atoms. The normalized spacial score (nSPS) is 22.8. The topological polar surface area (TPSA) is 40.5 Å². The van der Waals surface area contributed by atoms with Crippen LogP contribution >= 0.6 is 11.6 Å². The zero-order chi connectivity index (χ0) is 13.3. The van der Waals surface area contributed by atoms with E-state index < -0.39 is 5.97 Å². The minimum Gasteiger partial charge on any atom is -0.481 e. The molecule has 3 nitrogen and oxygen atoms in total. The van der Waals surface area contributed by atoms with Gasteiger partial charge in [-0.2, -0.15) is 0 Å². The molecule has 0 aromatic heterocycles. The van der Waals surface area contributed by atoms with Crippen LogP contribution in [0, 0.1) is 5.92 Å². The number of aliphatic carboxylic acids is 1. The lowest BCUT2D eigenvalue weighted by atomic mass is 9.82. The van der Waals surface area contributed by atoms with Gasteiger partial charge in [-0.25, -0.2) is 0 Å². The summed E-state index contributed by atoms with van der Waals surface area (Å²) in [5.41, 5.74) is 0.805. The first-order valence-corrected chi connectivity index (χ1v) is 6.54. The Morgan fingerprint density at radius 1 is 1.44 bits per heavy atom. The first-order chi connectivity index (χ1) is 8.42. The SMILES string of the molecule is CC1(C)CC(C(=O)O)CCN1c1ccccc1Cl. The number of benzene rings is 1. The maximum Gasteiger partial charge on any atom is 0.306 e. The molecule has 4 heteroatoms. The molecular formula is C14H18ClNO2. The largest absolute Gasteiger partial charge is 0.481 e. The van der Waals surface area contributed by atoms with Gasteiger partial charge in [0.05, 0.1) is 16.6 Å². The third kappa shape index (κ3) is 2.46. The highest BCUT2D eigenvalue weighted by Crippen LogP contribution is 2.38. The van der Waals surface area contributed by atoms with Crippen molar-refractivity contribution in [2.75, 3.05) is 11.4 Å². The van der Waals surface area contributed by atoms with Gasteiger partial charge in [-0.1, -0.05) is 23.7 Å². The van der Waals surface area contributed by atoms with Crippen LogP contribution in [0.25, 0.3) is 0 Å². The molecule has 0 amide bonds. The van der Waals surface area contributed by atoms with Crippen LogP contribution in [0.4, 0.5) is 5.69 Å². The summed E-state index contributed by atoms with van der Waals surface area (Å²) in [4.78, 5) is 13.3. The van der Waals surface area contributed by atoms with E-state index in [4.69, 9.17) is 16.7 Å². The third-order valence-electron chi connectivity index (χ3n) is 3.67. The van der Waals surface area contributed by atoms with Crippen molar-refractivity contribution in [1.82, 2.24) is 0 Å². The summed E-state index contributed by atoms with van der Waals surface area (Å²) in [6, 6.07) is 7.73. The monoisotopic (exact) mass is 267 g/mol. The van der Waals surface area contributed by atoms with Crippen LogP contribution in [0.2, 0.25) is 5.02 Å². The number of hydrogen-bond donors (Lipinski definition) is 1. The number of rotatable bonds is 2. The Morgan fingerprint density at radius 2 is 2.11 bits per heavy atom. The van der Waals surface area contributed by atoms with Crippen LogP contribution in [0.15, 0.2) is 24.3 Å². The fraction of sp³-hybridized carbons (Fsp3) is 0.500. The number of piperidine rings is 1.